The number of benzene rings is 1. The molecular weight excluding hydrogens is 320 g/mol. The Morgan fingerprint density at radius 2 is 2.14 bits per heavy atom. The number of aromatic nitrogens is 2. The van der Waals surface area contributed by atoms with Gasteiger partial charge in [0.05, 0.1) is 28.2 Å². The van der Waals surface area contributed by atoms with Crippen molar-refractivity contribution in [2.24, 2.45) is 7.05 Å². The van der Waals surface area contributed by atoms with Gasteiger partial charge >= 0.3 is 5.97 Å². The molecule has 2 rings (SSSR count). The van der Waals surface area contributed by atoms with E-state index in [4.69, 9.17) is 22.4 Å². The molecule has 0 fully saturated rings. The Kier molecular flexibility index (Phi) is 3.79. The first-order chi connectivity index (χ1) is 9.72. The number of anilines is 2. The number of rotatable bonds is 4. The van der Waals surface area contributed by atoms with Gasteiger partial charge < -0.3 is 10.8 Å². The lowest BCUT2D eigenvalue weighted by molar-refractivity contribution is 0.0697. The van der Waals surface area contributed by atoms with E-state index in [1.54, 1.807) is 0 Å². The topological polar surface area (TPSA) is 127 Å². The van der Waals surface area contributed by atoms with Crippen molar-refractivity contribution in [1.29, 1.82) is 0 Å². The quantitative estimate of drug-likeness (QED) is 0.722. The van der Waals surface area contributed by atoms with Crippen LogP contribution in [-0.4, -0.2) is 29.3 Å². The second-order valence-electron chi connectivity index (χ2n) is 4.13. The van der Waals surface area contributed by atoms with Gasteiger partial charge in [0.1, 0.15) is 0 Å². The maximum absolute atomic E-state index is 12.2. The lowest BCUT2D eigenvalue weighted by Gasteiger charge is -2.11. The van der Waals surface area contributed by atoms with Crippen molar-refractivity contribution in [2.75, 3.05) is 10.5 Å². The first kappa shape index (κ1) is 15.1. The highest BCUT2D eigenvalue weighted by Crippen LogP contribution is 2.26. The molecule has 112 valence electrons. The van der Waals surface area contributed by atoms with Crippen molar-refractivity contribution in [2.45, 2.75) is 5.03 Å². The lowest BCUT2D eigenvalue weighted by Crippen LogP contribution is -2.18. The molecule has 0 atom stereocenters. The van der Waals surface area contributed by atoms with Crippen molar-refractivity contribution < 1.29 is 18.3 Å². The van der Waals surface area contributed by atoms with E-state index < -0.39 is 16.0 Å². The molecule has 0 aliphatic heterocycles. The number of nitrogens with two attached hydrogens (primary N) is 1. The summed E-state index contributed by atoms with van der Waals surface area (Å²) in [5.41, 5.74) is 5.64. The number of carbonyl (C=O) groups is 1. The lowest BCUT2D eigenvalue weighted by atomic mass is 10.2. The van der Waals surface area contributed by atoms with E-state index in [1.165, 1.54) is 25.4 Å². The second-order valence-corrected chi connectivity index (χ2v) is 6.14. The van der Waals surface area contributed by atoms with Crippen LogP contribution in [0.15, 0.2) is 29.4 Å². The number of nitrogens with zero attached hydrogens (tertiary/aromatic N) is 2. The number of carboxylic acids is 1. The summed E-state index contributed by atoms with van der Waals surface area (Å²) < 4.78 is 27.8. The third-order valence-electron chi connectivity index (χ3n) is 2.64. The first-order valence-corrected chi connectivity index (χ1v) is 7.41. The van der Waals surface area contributed by atoms with Gasteiger partial charge in [0.2, 0.25) is 0 Å². The van der Waals surface area contributed by atoms with E-state index in [0.29, 0.717) is 0 Å². The monoisotopic (exact) mass is 330 g/mol. The van der Waals surface area contributed by atoms with E-state index >= 15 is 0 Å². The van der Waals surface area contributed by atoms with Crippen LogP contribution in [-0.2, 0) is 17.1 Å². The molecule has 0 spiro atoms. The average Bonchev–Trinajstić information content (AvgIpc) is 2.71. The van der Waals surface area contributed by atoms with Gasteiger partial charge in [0.25, 0.3) is 10.0 Å². The summed E-state index contributed by atoms with van der Waals surface area (Å²) in [7, 11) is -2.57. The Morgan fingerprint density at radius 1 is 1.48 bits per heavy atom. The van der Waals surface area contributed by atoms with Crippen molar-refractivity contribution in [3.63, 3.8) is 0 Å². The molecule has 0 saturated heterocycles. The van der Waals surface area contributed by atoms with Gasteiger partial charge in [-0.05, 0) is 18.2 Å². The summed E-state index contributed by atoms with van der Waals surface area (Å²) in [6.07, 6.45) is 1.20. The summed E-state index contributed by atoms with van der Waals surface area (Å²) >= 11 is 5.79. The molecule has 1 aromatic heterocycles. The van der Waals surface area contributed by atoms with Gasteiger partial charge in [-0.1, -0.05) is 11.6 Å². The molecule has 0 amide bonds. The minimum absolute atomic E-state index is 0.0169. The predicted molar refractivity (Wildman–Crippen MR) is 76.8 cm³/mol. The number of aryl methyl sites for hydroxylation is 1. The minimum atomic E-state index is -4.00. The Hall–Kier alpha value is -2.26. The summed E-state index contributed by atoms with van der Waals surface area (Å²) in [5.74, 6) is -1.16. The third-order valence-corrected chi connectivity index (χ3v) is 4.51. The van der Waals surface area contributed by atoms with Crippen LogP contribution in [0.2, 0.25) is 5.02 Å². The van der Waals surface area contributed by atoms with Gasteiger partial charge in [-0.25, -0.2) is 4.79 Å². The predicted octanol–water partition coefficient (Wildman–Crippen LogP) is 1.15. The largest absolute Gasteiger partial charge is 0.478 e. The van der Waals surface area contributed by atoms with Crippen LogP contribution in [0.5, 0.6) is 0 Å². The zero-order chi connectivity index (χ0) is 15.8. The van der Waals surface area contributed by atoms with Gasteiger partial charge in [-0.3, -0.25) is 9.40 Å². The highest BCUT2D eigenvalue weighted by molar-refractivity contribution is 7.92. The fourth-order valence-corrected chi connectivity index (χ4v) is 3.43. The fraction of sp³-hybridized carbons (Fsp3) is 0.0909. The molecule has 1 heterocycles. The van der Waals surface area contributed by atoms with Crippen molar-refractivity contribution in [1.82, 2.24) is 9.78 Å². The van der Waals surface area contributed by atoms with E-state index in [-0.39, 0.29) is 27.0 Å². The molecule has 2 aromatic rings. The smallest absolute Gasteiger partial charge is 0.335 e. The molecular formula is C11H11ClN4O4S. The number of sulfonamides is 1. The molecule has 4 N–H and O–H groups in total. The fourth-order valence-electron chi connectivity index (χ4n) is 1.68. The third kappa shape index (κ3) is 2.93. The van der Waals surface area contributed by atoms with Gasteiger partial charge in [-0.2, -0.15) is 13.5 Å². The second kappa shape index (κ2) is 5.26. The SMILES string of the molecule is Cn1ncc(Cl)c1S(=O)(=O)Nc1ccc(C(=O)O)cc1N. The van der Waals surface area contributed by atoms with Crippen molar-refractivity contribution >= 4 is 39.0 Å². The van der Waals surface area contributed by atoms with Crippen LogP contribution in [0.1, 0.15) is 10.4 Å². The summed E-state index contributed by atoms with van der Waals surface area (Å²) in [6.45, 7) is 0. The first-order valence-electron chi connectivity index (χ1n) is 5.55. The standard InChI is InChI=1S/C11H11ClN4O4S/c1-16-10(7(12)5-14-16)21(19,20)15-9-3-2-6(11(17)18)4-8(9)13/h2-5,15H,13H2,1H3,(H,17,18). The van der Waals surface area contributed by atoms with Crippen LogP contribution >= 0.6 is 11.6 Å². The number of carboxylic acid groups (broad SMARTS) is 1. The molecule has 10 heteroatoms. The van der Waals surface area contributed by atoms with E-state index in [1.807, 2.05) is 0 Å². The average molecular weight is 331 g/mol. The van der Waals surface area contributed by atoms with Crippen LogP contribution in [0.3, 0.4) is 0 Å². The van der Waals surface area contributed by atoms with Gasteiger partial charge in [0, 0.05) is 7.05 Å². The molecule has 0 bridgehead atoms. The number of nitrogen functional groups attached to an aromatic ring is 1. The summed E-state index contributed by atoms with van der Waals surface area (Å²) in [4.78, 5) is 10.8. The minimum Gasteiger partial charge on any atom is -0.478 e. The normalized spacial score (nSPS) is 11.3. The molecule has 0 aliphatic rings. The number of hydrogen-bond acceptors (Lipinski definition) is 5. The number of nitrogens with one attached hydrogen (secondary N) is 1. The Labute approximate surface area is 125 Å². The molecule has 21 heavy (non-hydrogen) atoms. The van der Waals surface area contributed by atoms with E-state index in [9.17, 15) is 13.2 Å². The van der Waals surface area contributed by atoms with Crippen LogP contribution < -0.4 is 10.5 Å². The van der Waals surface area contributed by atoms with Crippen molar-refractivity contribution in [3.8, 4) is 0 Å². The zero-order valence-corrected chi connectivity index (χ0v) is 12.3. The van der Waals surface area contributed by atoms with E-state index in [0.717, 1.165) is 10.7 Å². The molecule has 1 aromatic carbocycles. The van der Waals surface area contributed by atoms with Crippen LogP contribution in [0, 0.1) is 0 Å². The molecule has 0 aliphatic carbocycles. The van der Waals surface area contributed by atoms with Crippen LogP contribution in [0.25, 0.3) is 0 Å². The van der Waals surface area contributed by atoms with Crippen LogP contribution in [0.4, 0.5) is 11.4 Å². The molecule has 0 radical (unpaired) electrons. The summed E-state index contributed by atoms with van der Waals surface area (Å²) in [5, 5.41) is 12.3. The Bertz CT molecular complexity index is 796. The maximum Gasteiger partial charge on any atom is 0.335 e. The summed E-state index contributed by atoms with van der Waals surface area (Å²) in [6, 6.07) is 3.66. The molecule has 0 saturated carbocycles. The number of aromatic carboxylic acids is 1. The molecule has 8 nitrogen and oxygen atoms in total. The maximum atomic E-state index is 12.2. The number of hydrogen-bond donors (Lipinski definition) is 3. The van der Waals surface area contributed by atoms with E-state index in [2.05, 4.69) is 9.82 Å². The van der Waals surface area contributed by atoms with Gasteiger partial charge in [0.15, 0.2) is 5.03 Å². The number of halogens is 1. The Morgan fingerprint density at radius 3 is 2.62 bits per heavy atom. The highest BCUT2D eigenvalue weighted by atomic mass is 35.5. The molecule has 0 unspecified atom stereocenters. The highest BCUT2D eigenvalue weighted by Gasteiger charge is 2.23. The zero-order valence-electron chi connectivity index (χ0n) is 10.7. The van der Waals surface area contributed by atoms with Gasteiger partial charge in [-0.15, -0.1) is 0 Å². The van der Waals surface area contributed by atoms with Crippen molar-refractivity contribution in [3.05, 3.63) is 35.0 Å². The Balaban J connectivity index is 2.40.